The summed E-state index contributed by atoms with van der Waals surface area (Å²) in [7, 11) is 0. The Morgan fingerprint density at radius 3 is 2.00 bits per heavy atom. The summed E-state index contributed by atoms with van der Waals surface area (Å²) in [5.41, 5.74) is 1.29. The molecular formula is C27H46O3S. The third kappa shape index (κ3) is 15.3. The fraction of sp³-hybridized carbons (Fsp3) is 0.741. The predicted octanol–water partition coefficient (Wildman–Crippen LogP) is 8.16. The largest absolute Gasteiger partial charge is 0.487 e. The molecule has 1 rings (SSSR count). The van der Waals surface area contributed by atoms with Gasteiger partial charge in [0.1, 0.15) is 18.5 Å². The summed E-state index contributed by atoms with van der Waals surface area (Å²) in [6.07, 6.45) is 14.0. The molecule has 0 N–H and O–H groups in total. The van der Waals surface area contributed by atoms with Gasteiger partial charge in [0.15, 0.2) is 0 Å². The van der Waals surface area contributed by atoms with Gasteiger partial charge in [-0.2, -0.15) is 11.8 Å². The summed E-state index contributed by atoms with van der Waals surface area (Å²) in [5, 5.41) is 0. The number of rotatable bonds is 19. The van der Waals surface area contributed by atoms with Crippen LogP contribution >= 0.6 is 11.8 Å². The highest BCUT2D eigenvalue weighted by Gasteiger charge is 2.09. The van der Waals surface area contributed by atoms with E-state index in [0.717, 1.165) is 17.3 Å². The molecule has 3 nitrogen and oxygen atoms in total. The van der Waals surface area contributed by atoms with Crippen LogP contribution in [0.1, 0.15) is 110 Å². The normalized spacial score (nSPS) is 12.2. The van der Waals surface area contributed by atoms with Gasteiger partial charge in [0, 0.05) is 5.75 Å². The number of unbranched alkanes of at least 4 members (excludes halogenated alkanes) is 9. The van der Waals surface area contributed by atoms with Crippen LogP contribution in [0.2, 0.25) is 0 Å². The number of esters is 1. The van der Waals surface area contributed by atoms with Crippen LogP contribution in [-0.2, 0) is 9.53 Å². The second kappa shape index (κ2) is 18.4. The number of hydrogen-bond acceptors (Lipinski definition) is 4. The van der Waals surface area contributed by atoms with E-state index in [1.54, 1.807) is 0 Å². The SMILES string of the molecule is CCCCCCCCCCCCSCCC(=O)OCC(C)Oc1ccc(C(C)C)cc1. The maximum atomic E-state index is 11.9. The first-order valence-corrected chi connectivity index (χ1v) is 13.7. The van der Waals surface area contributed by atoms with E-state index < -0.39 is 0 Å². The van der Waals surface area contributed by atoms with Crippen molar-refractivity contribution in [3.05, 3.63) is 29.8 Å². The minimum Gasteiger partial charge on any atom is -0.487 e. The molecule has 178 valence electrons. The van der Waals surface area contributed by atoms with Gasteiger partial charge in [0.25, 0.3) is 0 Å². The molecule has 0 aromatic heterocycles. The molecule has 4 heteroatoms. The molecule has 1 aromatic rings. The third-order valence-corrected chi connectivity index (χ3v) is 6.53. The van der Waals surface area contributed by atoms with E-state index in [-0.39, 0.29) is 12.1 Å². The first-order valence-electron chi connectivity index (χ1n) is 12.5. The zero-order chi connectivity index (χ0) is 22.7. The quantitative estimate of drug-likeness (QED) is 0.157. The Balaban J connectivity index is 1.94. The van der Waals surface area contributed by atoms with E-state index in [0.29, 0.717) is 18.9 Å². The van der Waals surface area contributed by atoms with Crippen molar-refractivity contribution in [2.75, 3.05) is 18.1 Å². The summed E-state index contributed by atoms with van der Waals surface area (Å²) < 4.78 is 11.2. The van der Waals surface area contributed by atoms with Crippen LogP contribution in [0.5, 0.6) is 5.75 Å². The average Bonchev–Trinajstić information content (AvgIpc) is 2.76. The topological polar surface area (TPSA) is 35.5 Å². The highest BCUT2D eigenvalue weighted by atomic mass is 32.2. The van der Waals surface area contributed by atoms with Crippen LogP contribution in [0.3, 0.4) is 0 Å². The van der Waals surface area contributed by atoms with Gasteiger partial charge in [0.2, 0.25) is 0 Å². The second-order valence-electron chi connectivity index (χ2n) is 8.88. The zero-order valence-electron chi connectivity index (χ0n) is 20.5. The lowest BCUT2D eigenvalue weighted by Gasteiger charge is -2.15. The molecule has 1 aromatic carbocycles. The lowest BCUT2D eigenvalue weighted by molar-refractivity contribution is -0.145. The highest BCUT2D eigenvalue weighted by molar-refractivity contribution is 7.99. The Bertz CT molecular complexity index is 556. The first kappa shape index (κ1) is 27.9. The van der Waals surface area contributed by atoms with E-state index in [2.05, 4.69) is 32.9 Å². The lowest BCUT2D eigenvalue weighted by atomic mass is 10.0. The Morgan fingerprint density at radius 2 is 1.42 bits per heavy atom. The summed E-state index contributed by atoms with van der Waals surface area (Å²) in [6, 6.07) is 8.14. The van der Waals surface area contributed by atoms with Gasteiger partial charge in [-0.1, -0.05) is 90.7 Å². The van der Waals surface area contributed by atoms with Crippen molar-refractivity contribution in [1.29, 1.82) is 0 Å². The van der Waals surface area contributed by atoms with Crippen LogP contribution in [0, 0.1) is 0 Å². The highest BCUT2D eigenvalue weighted by Crippen LogP contribution is 2.19. The number of carbonyl (C=O) groups is 1. The van der Waals surface area contributed by atoms with Gasteiger partial charge in [-0.25, -0.2) is 0 Å². The molecule has 31 heavy (non-hydrogen) atoms. The number of benzene rings is 1. The fourth-order valence-electron chi connectivity index (χ4n) is 3.43. The van der Waals surface area contributed by atoms with Gasteiger partial charge in [0.05, 0.1) is 6.42 Å². The van der Waals surface area contributed by atoms with E-state index in [9.17, 15) is 4.79 Å². The van der Waals surface area contributed by atoms with Crippen molar-refractivity contribution in [2.45, 2.75) is 110 Å². The molecule has 1 unspecified atom stereocenters. The smallest absolute Gasteiger partial charge is 0.306 e. The third-order valence-electron chi connectivity index (χ3n) is 5.46. The van der Waals surface area contributed by atoms with Gasteiger partial charge in [-0.3, -0.25) is 4.79 Å². The van der Waals surface area contributed by atoms with E-state index in [1.165, 1.54) is 69.8 Å². The Morgan fingerprint density at radius 1 is 0.839 bits per heavy atom. The summed E-state index contributed by atoms with van der Waals surface area (Å²) in [5.74, 6) is 3.20. The van der Waals surface area contributed by atoms with Crippen LogP contribution < -0.4 is 4.74 Å². The molecule has 0 spiro atoms. The molecule has 0 aliphatic carbocycles. The van der Waals surface area contributed by atoms with Crippen LogP contribution in [-0.4, -0.2) is 30.2 Å². The fourth-order valence-corrected chi connectivity index (χ4v) is 4.35. The van der Waals surface area contributed by atoms with Gasteiger partial charge < -0.3 is 9.47 Å². The average molecular weight is 451 g/mol. The summed E-state index contributed by atoms with van der Waals surface area (Å²) >= 11 is 1.87. The van der Waals surface area contributed by atoms with Crippen LogP contribution in [0.15, 0.2) is 24.3 Å². The molecule has 0 radical (unpaired) electrons. The maximum absolute atomic E-state index is 11.9. The van der Waals surface area contributed by atoms with E-state index >= 15 is 0 Å². The molecule has 0 aliphatic heterocycles. The molecule has 0 saturated heterocycles. The van der Waals surface area contributed by atoms with Crippen molar-refractivity contribution >= 4 is 17.7 Å². The first-order chi connectivity index (χ1) is 15.0. The lowest BCUT2D eigenvalue weighted by Crippen LogP contribution is -2.21. The molecule has 1 atom stereocenters. The maximum Gasteiger partial charge on any atom is 0.306 e. The predicted molar refractivity (Wildman–Crippen MR) is 135 cm³/mol. The molecule has 0 fully saturated rings. The van der Waals surface area contributed by atoms with Crippen molar-refractivity contribution in [2.24, 2.45) is 0 Å². The minimum absolute atomic E-state index is 0.124. The Labute approximate surface area is 196 Å². The summed E-state index contributed by atoms with van der Waals surface area (Å²) in [6.45, 7) is 8.85. The molecule has 0 heterocycles. The van der Waals surface area contributed by atoms with Crippen molar-refractivity contribution < 1.29 is 14.3 Å². The van der Waals surface area contributed by atoms with Crippen LogP contribution in [0.25, 0.3) is 0 Å². The number of carbonyl (C=O) groups excluding carboxylic acids is 1. The van der Waals surface area contributed by atoms with E-state index in [4.69, 9.17) is 9.47 Å². The van der Waals surface area contributed by atoms with Crippen molar-refractivity contribution in [3.8, 4) is 5.75 Å². The van der Waals surface area contributed by atoms with E-state index in [1.807, 2.05) is 30.8 Å². The Kier molecular flexibility index (Phi) is 16.6. The molecule has 0 saturated carbocycles. The number of ether oxygens (including phenoxy) is 2. The van der Waals surface area contributed by atoms with Crippen LogP contribution in [0.4, 0.5) is 0 Å². The standard InChI is InChI=1S/C27H46O3S/c1-5-6-7-8-9-10-11-12-13-14-20-31-21-19-27(28)29-22-24(4)30-26-17-15-25(16-18-26)23(2)3/h15-18,23-24H,5-14,19-22H2,1-4H3. The number of hydrogen-bond donors (Lipinski definition) is 0. The second-order valence-corrected chi connectivity index (χ2v) is 10.1. The monoisotopic (exact) mass is 450 g/mol. The molecule has 0 bridgehead atoms. The summed E-state index contributed by atoms with van der Waals surface area (Å²) in [4.78, 5) is 11.9. The van der Waals surface area contributed by atoms with Crippen molar-refractivity contribution in [1.82, 2.24) is 0 Å². The van der Waals surface area contributed by atoms with Gasteiger partial charge in [-0.05, 0) is 42.7 Å². The molecular weight excluding hydrogens is 404 g/mol. The van der Waals surface area contributed by atoms with Gasteiger partial charge in [-0.15, -0.1) is 0 Å². The van der Waals surface area contributed by atoms with Crippen molar-refractivity contribution in [3.63, 3.8) is 0 Å². The number of thioether (sulfide) groups is 1. The minimum atomic E-state index is -0.145. The molecule has 0 aliphatic rings. The molecule has 0 amide bonds. The zero-order valence-corrected chi connectivity index (χ0v) is 21.3. The van der Waals surface area contributed by atoms with Gasteiger partial charge >= 0.3 is 5.97 Å². The Hall–Kier alpha value is -1.16.